The minimum absolute atomic E-state index is 0.367. The van der Waals surface area contributed by atoms with Crippen LogP contribution in [0.1, 0.15) is 13.3 Å². The summed E-state index contributed by atoms with van der Waals surface area (Å²) < 4.78 is 96.1. The number of methoxy groups -OCH3 is 1. The van der Waals surface area contributed by atoms with Crippen LogP contribution in [0.3, 0.4) is 0 Å². The maximum absolute atomic E-state index is 13.2. The Kier molecular flexibility index (Phi) is 12.6. The molecule has 0 saturated heterocycles. The van der Waals surface area contributed by atoms with Crippen LogP contribution in [0.15, 0.2) is 0 Å². The van der Waals surface area contributed by atoms with Gasteiger partial charge in [-0.05, 0) is 6.92 Å². The van der Waals surface area contributed by atoms with E-state index in [0.717, 1.165) is 14.0 Å². The van der Waals surface area contributed by atoms with Crippen LogP contribution < -0.4 is 27.0 Å². The molecule has 3 amide bonds. The van der Waals surface area contributed by atoms with E-state index < -0.39 is 85.5 Å². The third kappa shape index (κ3) is 10.8. The van der Waals surface area contributed by atoms with Crippen molar-refractivity contribution in [2.75, 3.05) is 27.0 Å². The molecule has 202 valence electrons. The van der Waals surface area contributed by atoms with Gasteiger partial charge in [-0.1, -0.05) is 0 Å². The Morgan fingerprint density at radius 2 is 1.46 bits per heavy atom. The predicted molar refractivity (Wildman–Crippen MR) is 102 cm³/mol. The lowest BCUT2D eigenvalue weighted by molar-refractivity contribution is -0.289. The van der Waals surface area contributed by atoms with Gasteiger partial charge in [0.15, 0.2) is 11.7 Å². The molecule has 0 aliphatic heterocycles. The average Bonchev–Trinajstić information content (AvgIpc) is 2.73. The molecule has 18 heteroatoms. The number of amides is 3. The van der Waals surface area contributed by atoms with Gasteiger partial charge in [-0.2, -0.15) is 26.3 Å². The molecule has 0 fully saturated rings. The highest BCUT2D eigenvalue weighted by Crippen LogP contribution is 2.41. The summed E-state index contributed by atoms with van der Waals surface area (Å²) in [4.78, 5) is 59.2. The average molecular weight is 527 g/mol. The van der Waals surface area contributed by atoms with Crippen molar-refractivity contribution in [3.8, 4) is 0 Å². The van der Waals surface area contributed by atoms with Crippen LogP contribution in [0.4, 0.5) is 30.7 Å². The molecule has 3 unspecified atom stereocenters. The number of ketones is 1. The Hall–Kier alpha value is -3.02. The minimum atomic E-state index is -6.04. The summed E-state index contributed by atoms with van der Waals surface area (Å²) in [6, 6.07) is -6.94. The number of Topliss-reactive ketones (excluding diaryl/α,β-unsaturated/α-hetero) is 1. The Labute approximate surface area is 193 Å². The molecule has 0 aromatic carbocycles. The van der Waals surface area contributed by atoms with Crippen molar-refractivity contribution in [2.24, 2.45) is 11.7 Å². The Balaban J connectivity index is 5.79. The van der Waals surface area contributed by atoms with Gasteiger partial charge in [-0.15, -0.1) is 0 Å². The van der Waals surface area contributed by atoms with Crippen LogP contribution in [0, 0.1) is 5.92 Å². The summed E-state index contributed by atoms with van der Waals surface area (Å²) in [7, 11) is 0.916. The summed E-state index contributed by atoms with van der Waals surface area (Å²) in [5, 5.41) is 6.84. The Morgan fingerprint density at radius 1 is 0.914 bits per heavy atom. The van der Waals surface area contributed by atoms with Gasteiger partial charge in [-0.3, -0.25) is 29.3 Å². The highest BCUT2D eigenvalue weighted by molar-refractivity contribution is 5.96. The van der Waals surface area contributed by atoms with Gasteiger partial charge >= 0.3 is 18.3 Å². The molecule has 0 radical (unpaired) electrons. The summed E-state index contributed by atoms with van der Waals surface area (Å²) in [6.07, 6.45) is -12.9. The van der Waals surface area contributed by atoms with Crippen molar-refractivity contribution in [1.82, 2.24) is 21.3 Å². The zero-order valence-corrected chi connectivity index (χ0v) is 18.3. The predicted octanol–water partition coefficient (Wildman–Crippen LogP) is -1.19. The van der Waals surface area contributed by atoms with E-state index >= 15 is 0 Å². The number of halogens is 7. The first-order valence-corrected chi connectivity index (χ1v) is 9.59. The van der Waals surface area contributed by atoms with Gasteiger partial charge in [0.25, 0.3) is 0 Å². The normalized spacial score (nSPS) is 14.5. The summed E-state index contributed by atoms with van der Waals surface area (Å²) >= 11 is 0. The zero-order chi connectivity index (χ0) is 27.6. The van der Waals surface area contributed by atoms with Crippen LogP contribution in [0.5, 0.6) is 0 Å². The molecular formula is C17H24F7N5O6. The quantitative estimate of drug-likeness (QED) is 0.113. The minimum Gasteiger partial charge on any atom is -0.469 e. The maximum atomic E-state index is 13.2. The highest BCUT2D eigenvalue weighted by Gasteiger charge is 2.62. The topological polar surface area (TPSA) is 169 Å². The second-order valence-corrected chi connectivity index (χ2v) is 6.91. The third-order valence-corrected chi connectivity index (χ3v) is 4.25. The molecule has 11 nitrogen and oxygen atoms in total. The number of rotatable bonds is 13. The van der Waals surface area contributed by atoms with Crippen LogP contribution >= 0.6 is 0 Å². The number of nitrogens with two attached hydrogens (primary N) is 1. The van der Waals surface area contributed by atoms with Crippen LogP contribution in [0.25, 0.3) is 0 Å². The number of hydrogen-bond donors (Lipinski definition) is 5. The fourth-order valence-electron chi connectivity index (χ4n) is 2.53. The number of ether oxygens (including phenoxy) is 1. The lowest BCUT2D eigenvalue weighted by Crippen LogP contribution is -2.62. The molecule has 35 heavy (non-hydrogen) atoms. The van der Waals surface area contributed by atoms with Gasteiger partial charge in [0, 0.05) is 6.67 Å². The van der Waals surface area contributed by atoms with Gasteiger partial charge in [0.1, 0.15) is 24.8 Å². The first-order valence-electron chi connectivity index (χ1n) is 9.59. The van der Waals surface area contributed by atoms with Gasteiger partial charge < -0.3 is 26.4 Å². The smallest absolute Gasteiger partial charge is 0.403 e. The fraction of sp³-hybridized carbons (Fsp3) is 0.706. The van der Waals surface area contributed by atoms with Crippen molar-refractivity contribution in [3.63, 3.8) is 0 Å². The molecule has 0 aromatic rings. The second kappa shape index (κ2) is 13.8. The largest absolute Gasteiger partial charge is 0.469 e. The maximum Gasteiger partial charge on any atom is 0.403 e. The Morgan fingerprint density at radius 3 is 1.89 bits per heavy atom. The summed E-state index contributed by atoms with van der Waals surface area (Å²) in [6.45, 7) is -2.02. The van der Waals surface area contributed by atoms with E-state index in [1.807, 2.05) is 5.32 Å². The Bertz CT molecular complexity index is 763. The van der Waals surface area contributed by atoms with Crippen LogP contribution in [0.2, 0.25) is 0 Å². The first-order chi connectivity index (χ1) is 16.0. The standard InChI is InChI=1S/C17H24F7N5O6/c1-7(14(33)28-8(9(30)4-18)3-11(32)35-2)27-15(34)12(29-10(31)5-26-6-25)13(16(19,20)21)17(22,23)24/h7-8,12-13,26H,3-6,25H2,1-2H3,(H,27,34)(H,28,33)(H,29,31). The number of carbonyl (C=O) groups excluding carboxylic acids is 5. The molecule has 6 N–H and O–H groups in total. The molecule has 0 rings (SSSR count). The summed E-state index contributed by atoms with van der Waals surface area (Å²) in [5.41, 5.74) is 5.02. The van der Waals surface area contributed by atoms with E-state index in [-0.39, 0.29) is 6.67 Å². The van der Waals surface area contributed by atoms with Crippen LogP contribution in [-0.2, 0) is 28.7 Å². The molecular weight excluding hydrogens is 503 g/mol. The van der Waals surface area contributed by atoms with Gasteiger partial charge in [0.05, 0.1) is 20.1 Å². The van der Waals surface area contributed by atoms with Crippen molar-refractivity contribution in [1.29, 1.82) is 0 Å². The lowest BCUT2D eigenvalue weighted by atomic mass is 9.96. The molecule has 0 spiro atoms. The number of carbonyl (C=O) groups is 5. The second-order valence-electron chi connectivity index (χ2n) is 6.91. The van der Waals surface area contributed by atoms with Crippen molar-refractivity contribution in [2.45, 2.75) is 43.8 Å². The van der Waals surface area contributed by atoms with Gasteiger partial charge in [0.2, 0.25) is 17.7 Å². The molecule has 3 atom stereocenters. The van der Waals surface area contributed by atoms with Crippen molar-refractivity contribution >= 4 is 29.5 Å². The molecule has 0 aromatic heterocycles. The highest BCUT2D eigenvalue weighted by atomic mass is 19.4. The third-order valence-electron chi connectivity index (χ3n) is 4.25. The van der Waals surface area contributed by atoms with Crippen LogP contribution in [-0.4, -0.2) is 87.0 Å². The first kappa shape index (κ1) is 32.0. The summed E-state index contributed by atoms with van der Waals surface area (Å²) in [5.74, 6) is -11.6. The number of nitrogens with one attached hydrogen (secondary N) is 4. The van der Waals surface area contributed by atoms with E-state index in [4.69, 9.17) is 5.73 Å². The molecule has 0 heterocycles. The monoisotopic (exact) mass is 527 g/mol. The molecule has 0 saturated carbocycles. The number of esters is 1. The van der Waals surface area contributed by atoms with E-state index in [9.17, 15) is 54.7 Å². The molecule has 0 bridgehead atoms. The van der Waals surface area contributed by atoms with E-state index in [2.05, 4.69) is 10.1 Å². The number of alkyl halides is 7. The van der Waals surface area contributed by atoms with Crippen molar-refractivity contribution in [3.05, 3.63) is 0 Å². The lowest BCUT2D eigenvalue weighted by Gasteiger charge is -2.31. The van der Waals surface area contributed by atoms with Gasteiger partial charge in [-0.25, -0.2) is 4.39 Å². The number of hydrogen-bond acceptors (Lipinski definition) is 8. The van der Waals surface area contributed by atoms with Crippen molar-refractivity contribution < 1.29 is 59.4 Å². The fourth-order valence-corrected chi connectivity index (χ4v) is 2.53. The zero-order valence-electron chi connectivity index (χ0n) is 18.3. The van der Waals surface area contributed by atoms with E-state index in [1.54, 1.807) is 5.32 Å². The van der Waals surface area contributed by atoms with E-state index in [0.29, 0.717) is 0 Å². The molecule has 0 aliphatic rings. The van der Waals surface area contributed by atoms with E-state index in [1.165, 1.54) is 5.32 Å². The SMILES string of the molecule is COC(=O)CC(NC(=O)C(C)NC(=O)C(NC(=O)CNCN)C(C(F)(F)F)C(F)(F)F)C(=O)CF. The molecule has 0 aliphatic carbocycles.